The molecule has 1 fully saturated rings. The molecule has 0 spiro atoms. The molecule has 3 rings (SSSR count). The van der Waals surface area contributed by atoms with Crippen LogP contribution in [0.5, 0.6) is 0 Å². The van der Waals surface area contributed by atoms with Crippen LogP contribution in [0, 0.1) is 0 Å². The predicted octanol–water partition coefficient (Wildman–Crippen LogP) is 3.07. The summed E-state index contributed by atoms with van der Waals surface area (Å²) in [4.78, 5) is 17.0. The Morgan fingerprint density at radius 1 is 1.36 bits per heavy atom. The first-order valence-corrected chi connectivity index (χ1v) is 8.89. The Hall–Kier alpha value is -2.05. The van der Waals surface area contributed by atoms with Gasteiger partial charge in [0.25, 0.3) is 5.91 Å². The van der Waals surface area contributed by atoms with E-state index >= 15 is 0 Å². The highest BCUT2D eigenvalue weighted by Gasteiger charge is 2.31. The Bertz CT molecular complexity index is 740. The van der Waals surface area contributed by atoms with E-state index in [2.05, 4.69) is 53.5 Å². The number of halogens is 1. The number of piperidine rings is 1. The number of H-pyrrole nitrogens is 1. The number of nitrogens with one attached hydrogen (secondary N) is 1. The zero-order valence-corrected chi connectivity index (χ0v) is 15.4. The Morgan fingerprint density at radius 3 is 2.68 bits per heavy atom. The van der Waals surface area contributed by atoms with Crippen LogP contribution in [0.25, 0.3) is 0 Å². The van der Waals surface area contributed by atoms with Gasteiger partial charge in [0.2, 0.25) is 0 Å². The summed E-state index contributed by atoms with van der Waals surface area (Å²) >= 11 is 6.11. The van der Waals surface area contributed by atoms with Gasteiger partial charge in [-0.25, -0.2) is 0 Å². The second kappa shape index (κ2) is 7.45. The third-order valence-electron chi connectivity index (χ3n) is 4.57. The largest absolute Gasteiger partial charge is 0.381 e. The van der Waals surface area contributed by atoms with Gasteiger partial charge in [-0.2, -0.15) is 5.10 Å². The summed E-state index contributed by atoms with van der Waals surface area (Å²) in [6.07, 6.45) is 3.04. The number of aromatic nitrogens is 2. The lowest BCUT2D eigenvalue weighted by Crippen LogP contribution is -2.38. The number of likely N-dealkylation sites (tertiary alicyclic amines) is 1. The summed E-state index contributed by atoms with van der Waals surface area (Å²) in [5, 5.41) is 6.71. The van der Waals surface area contributed by atoms with Gasteiger partial charge in [0.05, 0.1) is 6.04 Å². The summed E-state index contributed by atoms with van der Waals surface area (Å²) in [5.74, 6) is 0.0166. The molecule has 1 aliphatic rings. The number of anilines is 1. The molecule has 0 unspecified atom stereocenters. The van der Waals surface area contributed by atoms with Crippen molar-refractivity contribution in [3.63, 3.8) is 0 Å². The normalized spacial score (nSPS) is 17.9. The lowest BCUT2D eigenvalue weighted by atomic mass is 9.94. The van der Waals surface area contributed by atoms with E-state index in [1.165, 1.54) is 5.56 Å². The second-order valence-electron chi connectivity index (χ2n) is 6.79. The summed E-state index contributed by atoms with van der Waals surface area (Å²) in [7, 11) is 4.10. The molecule has 1 aromatic heterocycles. The van der Waals surface area contributed by atoms with Gasteiger partial charge in [-0.05, 0) is 44.5 Å². The van der Waals surface area contributed by atoms with Gasteiger partial charge < -0.3 is 15.5 Å². The molecule has 25 heavy (non-hydrogen) atoms. The first-order chi connectivity index (χ1) is 12.0. The maximum atomic E-state index is 12.9. The van der Waals surface area contributed by atoms with Gasteiger partial charge in [0.15, 0.2) is 5.82 Å². The molecule has 1 aromatic carbocycles. The molecule has 2 aromatic rings. The molecule has 0 radical (unpaired) electrons. The van der Waals surface area contributed by atoms with Crippen LogP contribution < -0.4 is 5.73 Å². The molecule has 1 aliphatic heterocycles. The smallest absolute Gasteiger partial charge is 0.274 e. The Labute approximate surface area is 152 Å². The van der Waals surface area contributed by atoms with E-state index in [0.29, 0.717) is 6.54 Å². The summed E-state index contributed by atoms with van der Waals surface area (Å²) in [6.45, 7) is 1.61. The number of nitrogen functional groups attached to an aromatic ring is 1. The molecule has 3 N–H and O–H groups in total. The second-order valence-corrected chi connectivity index (χ2v) is 7.17. The third-order valence-corrected chi connectivity index (χ3v) is 4.96. The summed E-state index contributed by atoms with van der Waals surface area (Å²) < 4.78 is 0. The quantitative estimate of drug-likeness (QED) is 0.877. The minimum atomic E-state index is -0.142. The number of rotatable bonds is 4. The SMILES string of the molecule is CN(C)Cc1ccc([C@H]2CCCCN2C(=O)c2[nH]nc(N)c2Cl)cc1. The third kappa shape index (κ3) is 3.80. The van der Waals surface area contributed by atoms with Crippen molar-refractivity contribution in [3.05, 3.63) is 46.1 Å². The molecule has 7 heteroatoms. The van der Waals surface area contributed by atoms with Crippen LogP contribution in [0.1, 0.15) is 46.9 Å². The van der Waals surface area contributed by atoms with Crippen LogP contribution in [0.2, 0.25) is 5.02 Å². The van der Waals surface area contributed by atoms with Crippen molar-refractivity contribution in [2.45, 2.75) is 31.8 Å². The number of hydrogen-bond acceptors (Lipinski definition) is 4. The monoisotopic (exact) mass is 361 g/mol. The first-order valence-electron chi connectivity index (χ1n) is 8.51. The standard InChI is InChI=1S/C18H24ClN5O/c1-23(2)11-12-6-8-13(9-7-12)14-5-3-4-10-24(14)18(25)16-15(19)17(20)22-21-16/h6-9,14H,3-5,10-11H2,1-2H3,(H3,20,21,22)/t14-/m1/s1. The highest BCUT2D eigenvalue weighted by atomic mass is 35.5. The molecule has 134 valence electrons. The van der Waals surface area contributed by atoms with Crippen LogP contribution in [0.15, 0.2) is 24.3 Å². The molecule has 0 saturated carbocycles. The molecule has 1 atom stereocenters. The van der Waals surface area contributed by atoms with Crippen molar-refractivity contribution >= 4 is 23.3 Å². The fraction of sp³-hybridized carbons (Fsp3) is 0.444. The van der Waals surface area contributed by atoms with Gasteiger partial charge in [0, 0.05) is 13.1 Å². The maximum absolute atomic E-state index is 12.9. The highest BCUT2D eigenvalue weighted by Crippen LogP contribution is 2.33. The number of carbonyl (C=O) groups is 1. The fourth-order valence-corrected chi connectivity index (χ4v) is 3.52. The minimum Gasteiger partial charge on any atom is -0.381 e. The van der Waals surface area contributed by atoms with Gasteiger partial charge in [0.1, 0.15) is 10.7 Å². The molecule has 1 saturated heterocycles. The van der Waals surface area contributed by atoms with Crippen molar-refractivity contribution in [2.75, 3.05) is 26.4 Å². The molecular formula is C18H24ClN5O. The number of nitrogens with two attached hydrogens (primary N) is 1. The fourth-order valence-electron chi connectivity index (χ4n) is 3.36. The Morgan fingerprint density at radius 2 is 2.08 bits per heavy atom. The summed E-state index contributed by atoms with van der Waals surface area (Å²) in [6, 6.07) is 8.56. The lowest BCUT2D eigenvalue weighted by molar-refractivity contribution is 0.0605. The van der Waals surface area contributed by atoms with E-state index in [0.717, 1.165) is 31.4 Å². The van der Waals surface area contributed by atoms with Crippen molar-refractivity contribution in [2.24, 2.45) is 0 Å². The van der Waals surface area contributed by atoms with E-state index in [9.17, 15) is 4.79 Å². The average Bonchev–Trinajstić information content (AvgIpc) is 2.94. The average molecular weight is 362 g/mol. The number of nitrogens with zero attached hydrogens (tertiary/aromatic N) is 3. The van der Waals surface area contributed by atoms with Crippen LogP contribution >= 0.6 is 11.6 Å². The minimum absolute atomic E-state index is 0.0512. The Balaban J connectivity index is 1.83. The zero-order chi connectivity index (χ0) is 18.0. The van der Waals surface area contributed by atoms with E-state index in [1.807, 2.05) is 4.90 Å². The molecule has 6 nitrogen and oxygen atoms in total. The number of benzene rings is 1. The van der Waals surface area contributed by atoms with Crippen LogP contribution in [-0.4, -0.2) is 46.5 Å². The molecule has 2 heterocycles. The van der Waals surface area contributed by atoms with E-state index in [-0.39, 0.29) is 28.5 Å². The van der Waals surface area contributed by atoms with Crippen molar-refractivity contribution in [3.8, 4) is 0 Å². The number of amides is 1. The van der Waals surface area contributed by atoms with Crippen LogP contribution in [-0.2, 0) is 6.54 Å². The topological polar surface area (TPSA) is 78.2 Å². The van der Waals surface area contributed by atoms with Crippen LogP contribution in [0.4, 0.5) is 5.82 Å². The maximum Gasteiger partial charge on any atom is 0.274 e. The molecule has 0 bridgehead atoms. The number of aromatic amines is 1. The molecule has 0 aliphatic carbocycles. The van der Waals surface area contributed by atoms with E-state index in [4.69, 9.17) is 17.3 Å². The lowest BCUT2D eigenvalue weighted by Gasteiger charge is -2.36. The predicted molar refractivity (Wildman–Crippen MR) is 99.5 cm³/mol. The van der Waals surface area contributed by atoms with Gasteiger partial charge in [-0.15, -0.1) is 0 Å². The van der Waals surface area contributed by atoms with Crippen molar-refractivity contribution < 1.29 is 4.79 Å². The molecular weight excluding hydrogens is 338 g/mol. The van der Waals surface area contributed by atoms with E-state index < -0.39 is 0 Å². The molecule has 1 amide bonds. The first kappa shape index (κ1) is 17.8. The Kier molecular flexibility index (Phi) is 5.30. The van der Waals surface area contributed by atoms with Crippen molar-refractivity contribution in [1.29, 1.82) is 0 Å². The van der Waals surface area contributed by atoms with Gasteiger partial charge >= 0.3 is 0 Å². The number of hydrogen-bond donors (Lipinski definition) is 2. The summed E-state index contributed by atoms with van der Waals surface area (Å²) in [5.41, 5.74) is 8.34. The van der Waals surface area contributed by atoms with Gasteiger partial charge in [-0.3, -0.25) is 9.89 Å². The highest BCUT2D eigenvalue weighted by molar-refractivity contribution is 6.35. The van der Waals surface area contributed by atoms with Crippen molar-refractivity contribution in [1.82, 2.24) is 20.0 Å². The number of carbonyl (C=O) groups excluding carboxylic acids is 1. The van der Waals surface area contributed by atoms with Gasteiger partial charge in [-0.1, -0.05) is 35.9 Å². The van der Waals surface area contributed by atoms with E-state index in [1.54, 1.807) is 0 Å². The van der Waals surface area contributed by atoms with Crippen LogP contribution in [0.3, 0.4) is 0 Å². The zero-order valence-electron chi connectivity index (χ0n) is 14.6.